The normalized spacial score (nSPS) is 10.0. The molecule has 7 heteroatoms. The number of hydrogen-bond donors (Lipinski definition) is 2. The van der Waals surface area contributed by atoms with Gasteiger partial charge in [0.25, 0.3) is 17.5 Å². The Labute approximate surface area is 132 Å². The second-order valence-corrected chi connectivity index (χ2v) is 4.87. The lowest BCUT2D eigenvalue weighted by atomic mass is 10.1. The molecular formula is C16H15N3O4. The number of hydrogen-bond acceptors (Lipinski definition) is 4. The molecule has 0 unspecified atom stereocenters. The molecule has 0 bridgehead atoms. The third kappa shape index (κ3) is 3.70. The number of amides is 2. The Kier molecular flexibility index (Phi) is 4.70. The predicted octanol–water partition coefficient (Wildman–Crippen LogP) is 2.52. The van der Waals surface area contributed by atoms with Crippen LogP contribution in [0.5, 0.6) is 0 Å². The quantitative estimate of drug-likeness (QED) is 0.669. The van der Waals surface area contributed by atoms with Crippen molar-refractivity contribution in [2.45, 2.75) is 6.92 Å². The van der Waals surface area contributed by atoms with Crippen LogP contribution in [0.3, 0.4) is 0 Å². The van der Waals surface area contributed by atoms with E-state index in [1.54, 1.807) is 32.2 Å². The Bertz CT molecular complexity index is 769. The monoisotopic (exact) mass is 313 g/mol. The van der Waals surface area contributed by atoms with Gasteiger partial charge in [-0.15, -0.1) is 0 Å². The molecule has 23 heavy (non-hydrogen) atoms. The molecule has 2 aromatic carbocycles. The molecule has 7 nitrogen and oxygen atoms in total. The molecule has 2 N–H and O–H groups in total. The number of nitro groups is 1. The molecular weight excluding hydrogens is 298 g/mol. The second-order valence-electron chi connectivity index (χ2n) is 4.87. The maximum absolute atomic E-state index is 12.2. The smallest absolute Gasteiger partial charge is 0.269 e. The number of nitro benzene ring substituents is 1. The molecule has 0 spiro atoms. The van der Waals surface area contributed by atoms with E-state index in [9.17, 15) is 19.7 Å². The Balaban J connectivity index is 2.16. The van der Waals surface area contributed by atoms with E-state index in [0.717, 1.165) is 5.56 Å². The lowest BCUT2D eigenvalue weighted by molar-refractivity contribution is -0.384. The summed E-state index contributed by atoms with van der Waals surface area (Å²) in [6.07, 6.45) is 0. The number of aryl methyl sites for hydroxylation is 1. The Morgan fingerprint density at radius 3 is 2.13 bits per heavy atom. The van der Waals surface area contributed by atoms with Gasteiger partial charge in [-0.25, -0.2) is 0 Å². The van der Waals surface area contributed by atoms with Crippen LogP contribution in [0.2, 0.25) is 0 Å². The van der Waals surface area contributed by atoms with Crippen molar-refractivity contribution in [1.29, 1.82) is 0 Å². The predicted molar refractivity (Wildman–Crippen MR) is 85.6 cm³/mol. The molecule has 2 rings (SSSR count). The van der Waals surface area contributed by atoms with Gasteiger partial charge >= 0.3 is 0 Å². The molecule has 0 saturated heterocycles. The van der Waals surface area contributed by atoms with Crippen molar-refractivity contribution in [3.05, 3.63) is 69.3 Å². The minimum Gasteiger partial charge on any atom is -0.355 e. The first-order valence-electron chi connectivity index (χ1n) is 6.81. The summed E-state index contributed by atoms with van der Waals surface area (Å²) >= 11 is 0. The highest BCUT2D eigenvalue weighted by atomic mass is 16.6. The average molecular weight is 313 g/mol. The first-order chi connectivity index (χ1) is 10.9. The molecule has 0 saturated carbocycles. The average Bonchev–Trinajstić information content (AvgIpc) is 2.55. The number of nitrogens with zero attached hydrogens (tertiary/aromatic N) is 1. The van der Waals surface area contributed by atoms with Gasteiger partial charge in [0, 0.05) is 36.0 Å². The summed E-state index contributed by atoms with van der Waals surface area (Å²) in [7, 11) is 1.54. The lowest BCUT2D eigenvalue weighted by Gasteiger charge is -2.10. The Morgan fingerprint density at radius 2 is 1.61 bits per heavy atom. The molecule has 2 aromatic rings. The van der Waals surface area contributed by atoms with E-state index in [-0.39, 0.29) is 17.5 Å². The molecule has 0 atom stereocenters. The topological polar surface area (TPSA) is 101 Å². The van der Waals surface area contributed by atoms with Gasteiger partial charge in [-0.2, -0.15) is 0 Å². The van der Waals surface area contributed by atoms with Crippen LogP contribution in [0.4, 0.5) is 11.4 Å². The van der Waals surface area contributed by atoms with E-state index < -0.39 is 4.92 Å². The molecule has 0 radical (unpaired) electrons. The van der Waals surface area contributed by atoms with Crippen molar-refractivity contribution in [2.24, 2.45) is 0 Å². The third-order valence-corrected chi connectivity index (χ3v) is 3.30. The molecule has 0 heterocycles. The van der Waals surface area contributed by atoms with Crippen molar-refractivity contribution >= 4 is 23.2 Å². The van der Waals surface area contributed by atoms with Crippen LogP contribution >= 0.6 is 0 Å². The molecule has 0 aliphatic carbocycles. The number of nitrogens with one attached hydrogen (secondary N) is 2. The van der Waals surface area contributed by atoms with Crippen LogP contribution in [-0.2, 0) is 0 Å². The molecule has 0 aliphatic heterocycles. The molecule has 2 amide bonds. The molecule has 0 fully saturated rings. The van der Waals surface area contributed by atoms with Crippen molar-refractivity contribution in [3.8, 4) is 0 Å². The zero-order valence-corrected chi connectivity index (χ0v) is 12.6. The lowest BCUT2D eigenvalue weighted by Crippen LogP contribution is -2.18. The maximum atomic E-state index is 12.2. The van der Waals surface area contributed by atoms with Crippen LogP contribution in [0.25, 0.3) is 0 Å². The highest BCUT2D eigenvalue weighted by Crippen LogP contribution is 2.18. The summed E-state index contributed by atoms with van der Waals surface area (Å²) in [4.78, 5) is 33.8. The van der Waals surface area contributed by atoms with Crippen LogP contribution in [0.1, 0.15) is 26.3 Å². The first kappa shape index (κ1) is 16.2. The standard InChI is InChI=1S/C16H15N3O4/c1-10-9-12(15(20)17-2)5-8-14(10)18-16(21)11-3-6-13(7-4-11)19(22)23/h3-9H,1-2H3,(H,17,20)(H,18,21). The van der Waals surface area contributed by atoms with Crippen LogP contribution < -0.4 is 10.6 Å². The van der Waals surface area contributed by atoms with Gasteiger partial charge in [-0.05, 0) is 42.8 Å². The van der Waals surface area contributed by atoms with Gasteiger partial charge in [0.05, 0.1) is 4.92 Å². The minimum atomic E-state index is -0.524. The van der Waals surface area contributed by atoms with E-state index in [2.05, 4.69) is 10.6 Å². The Hall–Kier alpha value is -3.22. The van der Waals surface area contributed by atoms with Gasteiger partial charge in [-0.3, -0.25) is 19.7 Å². The minimum absolute atomic E-state index is 0.0762. The fraction of sp³-hybridized carbons (Fsp3) is 0.125. The van der Waals surface area contributed by atoms with E-state index in [1.807, 2.05) is 0 Å². The summed E-state index contributed by atoms with van der Waals surface area (Å²) in [6, 6.07) is 10.3. The summed E-state index contributed by atoms with van der Waals surface area (Å²) in [5.74, 6) is -0.586. The van der Waals surface area contributed by atoms with Crippen molar-refractivity contribution < 1.29 is 14.5 Å². The van der Waals surface area contributed by atoms with Crippen LogP contribution in [0.15, 0.2) is 42.5 Å². The second kappa shape index (κ2) is 6.69. The maximum Gasteiger partial charge on any atom is 0.269 e. The number of carbonyl (C=O) groups is 2. The number of non-ortho nitro benzene ring substituents is 1. The Morgan fingerprint density at radius 1 is 1.00 bits per heavy atom. The van der Waals surface area contributed by atoms with Crippen molar-refractivity contribution in [3.63, 3.8) is 0 Å². The highest BCUT2D eigenvalue weighted by Gasteiger charge is 2.12. The highest BCUT2D eigenvalue weighted by molar-refractivity contribution is 6.05. The van der Waals surface area contributed by atoms with E-state index >= 15 is 0 Å². The van der Waals surface area contributed by atoms with Gasteiger partial charge in [-0.1, -0.05) is 0 Å². The summed E-state index contributed by atoms with van der Waals surface area (Å²) in [6.45, 7) is 1.78. The first-order valence-corrected chi connectivity index (χ1v) is 6.81. The fourth-order valence-electron chi connectivity index (χ4n) is 2.02. The fourth-order valence-corrected chi connectivity index (χ4v) is 2.02. The van der Waals surface area contributed by atoms with Crippen molar-refractivity contribution in [2.75, 3.05) is 12.4 Å². The summed E-state index contributed by atoms with van der Waals surface area (Å²) in [5, 5.41) is 15.8. The van der Waals surface area contributed by atoms with Gasteiger partial charge in [0.2, 0.25) is 0 Å². The summed E-state index contributed by atoms with van der Waals surface area (Å²) < 4.78 is 0. The van der Waals surface area contributed by atoms with Crippen molar-refractivity contribution in [1.82, 2.24) is 5.32 Å². The van der Waals surface area contributed by atoms with Crippen LogP contribution in [0, 0.1) is 17.0 Å². The largest absolute Gasteiger partial charge is 0.355 e. The van der Waals surface area contributed by atoms with Gasteiger partial charge in [0.15, 0.2) is 0 Å². The van der Waals surface area contributed by atoms with Gasteiger partial charge in [0.1, 0.15) is 0 Å². The molecule has 0 aromatic heterocycles. The van der Waals surface area contributed by atoms with Gasteiger partial charge < -0.3 is 10.6 Å². The zero-order valence-electron chi connectivity index (χ0n) is 12.6. The number of anilines is 1. The molecule has 118 valence electrons. The zero-order chi connectivity index (χ0) is 17.0. The number of rotatable bonds is 4. The number of benzene rings is 2. The summed E-state index contributed by atoms with van der Waals surface area (Å²) in [5.41, 5.74) is 2.04. The number of carbonyl (C=O) groups excluding carboxylic acids is 2. The van der Waals surface area contributed by atoms with Crippen LogP contribution in [-0.4, -0.2) is 23.8 Å². The molecule has 0 aliphatic rings. The third-order valence-electron chi connectivity index (χ3n) is 3.30. The van der Waals surface area contributed by atoms with E-state index in [0.29, 0.717) is 16.8 Å². The van der Waals surface area contributed by atoms with E-state index in [1.165, 1.54) is 24.3 Å². The SMILES string of the molecule is CNC(=O)c1ccc(NC(=O)c2ccc([N+](=O)[O-])cc2)c(C)c1. The van der Waals surface area contributed by atoms with E-state index in [4.69, 9.17) is 0 Å².